The lowest BCUT2D eigenvalue weighted by molar-refractivity contribution is 0.0528. The molecule has 1 aromatic carbocycles. The molecule has 0 aliphatic heterocycles. The molecule has 0 aromatic heterocycles. The van der Waals surface area contributed by atoms with E-state index < -0.39 is 11.7 Å². The predicted molar refractivity (Wildman–Crippen MR) is 73.7 cm³/mol. The Kier molecular flexibility index (Phi) is 5.60. The number of alkyl carbamates (subject to hydrolysis) is 1. The Balaban J connectivity index is 2.13. The van der Waals surface area contributed by atoms with Crippen molar-refractivity contribution >= 4 is 11.8 Å². The zero-order valence-corrected chi connectivity index (χ0v) is 11.6. The fourth-order valence-corrected chi connectivity index (χ4v) is 1.42. The van der Waals surface area contributed by atoms with E-state index in [2.05, 4.69) is 10.6 Å². The molecular weight excluding hydrogens is 247 g/mol. The van der Waals surface area contributed by atoms with Crippen molar-refractivity contribution in [3.63, 3.8) is 0 Å². The first-order valence-corrected chi connectivity index (χ1v) is 6.33. The summed E-state index contributed by atoms with van der Waals surface area (Å²) in [6.45, 7) is 6.62. The van der Waals surface area contributed by atoms with E-state index in [1.165, 1.54) is 12.1 Å². The fourth-order valence-electron chi connectivity index (χ4n) is 1.42. The standard InChI is InChI=1S/C14H21FN2O2/c1-14(2,3)19-13(18)17-9-5-8-16-12-7-4-6-11(15)10-12/h4,6-7,10,16H,5,8-9H2,1-3H3,(H,17,18). The average Bonchev–Trinajstić information content (AvgIpc) is 2.26. The number of ether oxygens (including phenoxy) is 1. The number of hydrogen-bond acceptors (Lipinski definition) is 3. The first kappa shape index (κ1) is 15.3. The Labute approximate surface area is 113 Å². The van der Waals surface area contributed by atoms with Crippen molar-refractivity contribution in [2.75, 3.05) is 18.4 Å². The van der Waals surface area contributed by atoms with Crippen molar-refractivity contribution in [1.82, 2.24) is 5.32 Å². The Morgan fingerprint density at radius 2 is 2.05 bits per heavy atom. The maximum atomic E-state index is 12.9. The first-order chi connectivity index (χ1) is 8.87. The second kappa shape index (κ2) is 6.97. The van der Waals surface area contributed by atoms with Crippen LogP contribution in [0.25, 0.3) is 0 Å². The van der Waals surface area contributed by atoms with Crippen LogP contribution in [0.1, 0.15) is 27.2 Å². The summed E-state index contributed by atoms with van der Waals surface area (Å²) in [6.07, 6.45) is 0.314. The van der Waals surface area contributed by atoms with Gasteiger partial charge in [-0.1, -0.05) is 6.07 Å². The average molecular weight is 268 g/mol. The van der Waals surface area contributed by atoms with E-state index in [0.717, 1.165) is 12.1 Å². The number of nitrogens with one attached hydrogen (secondary N) is 2. The molecule has 0 saturated carbocycles. The van der Waals surface area contributed by atoms with Gasteiger partial charge in [0, 0.05) is 18.8 Å². The van der Waals surface area contributed by atoms with E-state index >= 15 is 0 Å². The van der Waals surface area contributed by atoms with Crippen LogP contribution in [-0.2, 0) is 4.74 Å². The van der Waals surface area contributed by atoms with Gasteiger partial charge in [0.2, 0.25) is 0 Å². The normalized spacial score (nSPS) is 10.9. The molecule has 4 nitrogen and oxygen atoms in total. The first-order valence-electron chi connectivity index (χ1n) is 6.33. The molecule has 5 heteroatoms. The second-order valence-electron chi connectivity index (χ2n) is 5.22. The summed E-state index contributed by atoms with van der Waals surface area (Å²) < 4.78 is 18.0. The SMILES string of the molecule is CC(C)(C)OC(=O)NCCCNc1cccc(F)c1. The molecule has 2 N–H and O–H groups in total. The zero-order valence-electron chi connectivity index (χ0n) is 11.6. The highest BCUT2D eigenvalue weighted by Gasteiger charge is 2.15. The van der Waals surface area contributed by atoms with Crippen molar-refractivity contribution < 1.29 is 13.9 Å². The fraction of sp³-hybridized carbons (Fsp3) is 0.500. The molecule has 0 fully saturated rings. The smallest absolute Gasteiger partial charge is 0.407 e. The van der Waals surface area contributed by atoms with E-state index in [4.69, 9.17) is 4.74 Å². The lowest BCUT2D eigenvalue weighted by Crippen LogP contribution is -2.33. The van der Waals surface area contributed by atoms with Crippen LogP contribution in [0.5, 0.6) is 0 Å². The number of carbonyl (C=O) groups excluding carboxylic acids is 1. The van der Waals surface area contributed by atoms with E-state index in [-0.39, 0.29) is 5.82 Å². The molecule has 0 unspecified atom stereocenters. The van der Waals surface area contributed by atoms with Crippen molar-refractivity contribution in [3.05, 3.63) is 30.1 Å². The van der Waals surface area contributed by atoms with Gasteiger partial charge >= 0.3 is 6.09 Å². The third-order valence-corrected chi connectivity index (χ3v) is 2.18. The molecule has 0 radical (unpaired) electrons. The van der Waals surface area contributed by atoms with Crippen LogP contribution in [0.15, 0.2) is 24.3 Å². The highest BCUT2D eigenvalue weighted by molar-refractivity contribution is 5.67. The summed E-state index contributed by atoms with van der Waals surface area (Å²) in [4.78, 5) is 11.3. The quantitative estimate of drug-likeness (QED) is 0.806. The monoisotopic (exact) mass is 268 g/mol. The third kappa shape index (κ3) is 7.28. The molecule has 0 atom stereocenters. The summed E-state index contributed by atoms with van der Waals surface area (Å²) >= 11 is 0. The van der Waals surface area contributed by atoms with Crippen LogP contribution in [0.4, 0.5) is 14.9 Å². The van der Waals surface area contributed by atoms with Crippen molar-refractivity contribution in [1.29, 1.82) is 0 Å². The number of benzene rings is 1. The third-order valence-electron chi connectivity index (χ3n) is 2.18. The van der Waals surface area contributed by atoms with Gasteiger partial charge in [-0.05, 0) is 45.4 Å². The van der Waals surface area contributed by atoms with Crippen molar-refractivity contribution in [3.8, 4) is 0 Å². The van der Waals surface area contributed by atoms with Gasteiger partial charge in [0.05, 0.1) is 0 Å². The molecule has 1 rings (SSSR count). The molecule has 1 aromatic rings. The summed E-state index contributed by atoms with van der Waals surface area (Å²) in [5, 5.41) is 5.74. The summed E-state index contributed by atoms with van der Waals surface area (Å²) in [6, 6.07) is 6.28. The second-order valence-corrected chi connectivity index (χ2v) is 5.22. The van der Waals surface area contributed by atoms with Gasteiger partial charge in [-0.15, -0.1) is 0 Å². The molecular formula is C14H21FN2O2. The molecule has 0 aliphatic rings. The van der Waals surface area contributed by atoms with Gasteiger partial charge in [0.15, 0.2) is 0 Å². The van der Waals surface area contributed by atoms with Gasteiger partial charge in [-0.3, -0.25) is 0 Å². The van der Waals surface area contributed by atoms with Crippen LogP contribution < -0.4 is 10.6 Å². The van der Waals surface area contributed by atoms with Crippen LogP contribution in [0, 0.1) is 5.82 Å². The zero-order chi connectivity index (χ0) is 14.3. The number of halogens is 1. The minimum Gasteiger partial charge on any atom is -0.444 e. The van der Waals surface area contributed by atoms with Gasteiger partial charge in [0.25, 0.3) is 0 Å². The molecule has 0 bridgehead atoms. The van der Waals surface area contributed by atoms with E-state index in [1.807, 2.05) is 20.8 Å². The molecule has 19 heavy (non-hydrogen) atoms. The number of anilines is 1. The van der Waals surface area contributed by atoms with Gasteiger partial charge in [-0.2, -0.15) is 0 Å². The lowest BCUT2D eigenvalue weighted by atomic mass is 10.2. The molecule has 0 aliphatic carbocycles. The van der Waals surface area contributed by atoms with Gasteiger partial charge in [0.1, 0.15) is 11.4 Å². The van der Waals surface area contributed by atoms with Crippen LogP contribution >= 0.6 is 0 Å². The van der Waals surface area contributed by atoms with Gasteiger partial charge in [-0.25, -0.2) is 9.18 Å². The van der Waals surface area contributed by atoms with Gasteiger partial charge < -0.3 is 15.4 Å². The van der Waals surface area contributed by atoms with Crippen LogP contribution in [0.3, 0.4) is 0 Å². The molecule has 0 saturated heterocycles. The van der Waals surface area contributed by atoms with E-state index in [1.54, 1.807) is 12.1 Å². The topological polar surface area (TPSA) is 50.4 Å². The van der Waals surface area contributed by atoms with Crippen LogP contribution in [-0.4, -0.2) is 24.8 Å². The van der Waals surface area contributed by atoms with Crippen molar-refractivity contribution in [2.24, 2.45) is 0 Å². The largest absolute Gasteiger partial charge is 0.444 e. The minimum absolute atomic E-state index is 0.267. The number of hydrogen-bond donors (Lipinski definition) is 2. The molecule has 0 spiro atoms. The summed E-state index contributed by atoms with van der Waals surface area (Å²) in [5.41, 5.74) is 0.251. The number of rotatable bonds is 5. The summed E-state index contributed by atoms with van der Waals surface area (Å²) in [5.74, 6) is -0.267. The highest BCUT2D eigenvalue weighted by atomic mass is 19.1. The predicted octanol–water partition coefficient (Wildman–Crippen LogP) is 3.15. The highest BCUT2D eigenvalue weighted by Crippen LogP contribution is 2.08. The Hall–Kier alpha value is -1.78. The molecule has 0 heterocycles. The maximum Gasteiger partial charge on any atom is 0.407 e. The number of amides is 1. The Morgan fingerprint density at radius 1 is 1.32 bits per heavy atom. The Bertz CT molecular complexity index is 416. The van der Waals surface area contributed by atoms with Crippen LogP contribution in [0.2, 0.25) is 0 Å². The number of carbonyl (C=O) groups is 1. The lowest BCUT2D eigenvalue weighted by Gasteiger charge is -2.19. The summed E-state index contributed by atoms with van der Waals surface area (Å²) in [7, 11) is 0. The van der Waals surface area contributed by atoms with Crippen molar-refractivity contribution in [2.45, 2.75) is 32.8 Å². The van der Waals surface area contributed by atoms with E-state index in [9.17, 15) is 9.18 Å². The molecule has 106 valence electrons. The minimum atomic E-state index is -0.482. The Morgan fingerprint density at radius 3 is 2.68 bits per heavy atom. The molecule has 1 amide bonds. The maximum absolute atomic E-state index is 12.9. The van der Waals surface area contributed by atoms with E-state index in [0.29, 0.717) is 13.1 Å².